The van der Waals surface area contributed by atoms with Crippen LogP contribution in [0, 0.1) is 17.2 Å². The first-order chi connectivity index (χ1) is 14.8. The Kier molecular flexibility index (Phi) is 5.41. The quantitative estimate of drug-likeness (QED) is 0.610. The van der Waals surface area contributed by atoms with E-state index in [0.717, 1.165) is 34.2 Å². The Hall–Kier alpha value is -2.49. The monoisotopic (exact) mass is 418 g/mol. The van der Waals surface area contributed by atoms with E-state index >= 15 is 0 Å². The van der Waals surface area contributed by atoms with E-state index in [9.17, 15) is 10.1 Å². The summed E-state index contributed by atoms with van der Waals surface area (Å²) in [4.78, 5) is 21.7. The third-order valence-corrected chi connectivity index (χ3v) is 7.66. The van der Waals surface area contributed by atoms with E-state index in [0.29, 0.717) is 18.0 Å². The van der Waals surface area contributed by atoms with E-state index in [1.54, 1.807) is 4.57 Å². The lowest BCUT2D eigenvalue weighted by Gasteiger charge is -2.44. The molecule has 2 atom stereocenters. The Morgan fingerprint density at radius 2 is 1.93 bits per heavy atom. The second-order valence-corrected chi connectivity index (χ2v) is 9.36. The molecule has 1 aromatic carbocycles. The zero-order valence-corrected chi connectivity index (χ0v) is 17.9. The molecule has 0 amide bonds. The maximum atomic E-state index is 13.5. The second kappa shape index (κ2) is 8.33. The molecular weight excluding hydrogens is 392 g/mol. The first kappa shape index (κ1) is 19.5. The molecule has 0 spiro atoms. The van der Waals surface area contributed by atoms with Crippen LogP contribution in [0.2, 0.25) is 0 Å². The van der Waals surface area contributed by atoms with Gasteiger partial charge in [0.1, 0.15) is 17.2 Å². The molecular formula is C24H26N4OS. The Balaban J connectivity index is 1.56. The van der Waals surface area contributed by atoms with Crippen LogP contribution in [-0.2, 0) is 13.1 Å². The minimum atomic E-state index is -0.0890. The highest BCUT2D eigenvalue weighted by Gasteiger charge is 2.33. The largest absolute Gasteiger partial charge is 0.293 e. The van der Waals surface area contributed by atoms with Crippen LogP contribution in [-0.4, -0.2) is 27.0 Å². The molecule has 2 aromatic heterocycles. The summed E-state index contributed by atoms with van der Waals surface area (Å²) in [5, 5.41) is 12.1. The third-order valence-electron chi connectivity index (χ3n) is 6.79. The minimum absolute atomic E-state index is 0.0448. The molecule has 0 N–H and O–H groups in total. The molecule has 154 valence electrons. The standard InChI is InChI=1S/C24H26N4OS/c25-12-14-28-21(15-27-13-6-10-18-9-4-5-11-20(18)27)26-23-22(24(28)29)19(16-30-23)17-7-2-1-3-8-17/h1-3,7-8,16,18,20H,4-6,9-11,13-15H2. The molecule has 2 aliphatic rings. The van der Waals surface area contributed by atoms with Crippen molar-refractivity contribution in [3.63, 3.8) is 0 Å². The van der Waals surface area contributed by atoms with Gasteiger partial charge in [0.15, 0.2) is 0 Å². The zero-order valence-electron chi connectivity index (χ0n) is 17.1. The number of nitriles is 1. The Morgan fingerprint density at radius 3 is 2.77 bits per heavy atom. The molecule has 2 unspecified atom stereocenters. The van der Waals surface area contributed by atoms with Gasteiger partial charge in [0, 0.05) is 17.0 Å². The van der Waals surface area contributed by atoms with Crippen molar-refractivity contribution in [1.82, 2.24) is 14.5 Å². The highest BCUT2D eigenvalue weighted by atomic mass is 32.1. The molecule has 30 heavy (non-hydrogen) atoms. The van der Waals surface area contributed by atoms with Gasteiger partial charge < -0.3 is 0 Å². The maximum Gasteiger partial charge on any atom is 0.263 e. The number of hydrogen-bond donors (Lipinski definition) is 0. The minimum Gasteiger partial charge on any atom is -0.293 e. The van der Waals surface area contributed by atoms with Crippen molar-refractivity contribution in [2.75, 3.05) is 6.54 Å². The van der Waals surface area contributed by atoms with Crippen molar-refractivity contribution >= 4 is 21.6 Å². The lowest BCUT2D eigenvalue weighted by atomic mass is 9.78. The number of piperidine rings is 1. The van der Waals surface area contributed by atoms with Gasteiger partial charge >= 0.3 is 0 Å². The molecule has 1 saturated carbocycles. The fourth-order valence-electron chi connectivity index (χ4n) is 5.36. The molecule has 1 saturated heterocycles. The van der Waals surface area contributed by atoms with Gasteiger partial charge in [-0.05, 0) is 43.7 Å². The van der Waals surface area contributed by atoms with Crippen LogP contribution in [0.4, 0.5) is 0 Å². The molecule has 0 bridgehead atoms. The summed E-state index contributed by atoms with van der Waals surface area (Å²) in [6, 6.07) is 12.7. The van der Waals surface area contributed by atoms with E-state index in [1.165, 1.54) is 49.9 Å². The van der Waals surface area contributed by atoms with E-state index in [-0.39, 0.29) is 12.1 Å². The third kappa shape index (κ3) is 3.46. The van der Waals surface area contributed by atoms with Crippen molar-refractivity contribution in [2.24, 2.45) is 5.92 Å². The normalized spacial score (nSPS) is 22.0. The van der Waals surface area contributed by atoms with Gasteiger partial charge in [-0.2, -0.15) is 5.26 Å². The summed E-state index contributed by atoms with van der Waals surface area (Å²) in [6.45, 7) is 1.76. The van der Waals surface area contributed by atoms with Crippen molar-refractivity contribution in [3.05, 3.63) is 51.9 Å². The molecule has 5 nitrogen and oxygen atoms in total. The predicted molar refractivity (Wildman–Crippen MR) is 120 cm³/mol. The van der Waals surface area contributed by atoms with Crippen LogP contribution >= 0.6 is 11.3 Å². The molecule has 1 aliphatic heterocycles. The average molecular weight is 419 g/mol. The van der Waals surface area contributed by atoms with Gasteiger partial charge in [0.05, 0.1) is 18.0 Å². The van der Waals surface area contributed by atoms with Gasteiger partial charge in [-0.1, -0.05) is 43.2 Å². The van der Waals surface area contributed by atoms with Crippen LogP contribution in [0.3, 0.4) is 0 Å². The number of hydrogen-bond acceptors (Lipinski definition) is 5. The zero-order chi connectivity index (χ0) is 20.5. The number of likely N-dealkylation sites (tertiary alicyclic amines) is 1. The lowest BCUT2D eigenvalue weighted by molar-refractivity contribution is 0.0517. The van der Waals surface area contributed by atoms with Gasteiger partial charge in [-0.15, -0.1) is 11.3 Å². The molecule has 6 heteroatoms. The molecule has 2 fully saturated rings. The SMILES string of the molecule is N#CCn1c(CN2CCCC3CCCCC32)nc2scc(-c3ccccc3)c2c1=O. The highest BCUT2D eigenvalue weighted by Crippen LogP contribution is 2.36. The fraction of sp³-hybridized carbons (Fsp3) is 0.458. The smallest absolute Gasteiger partial charge is 0.263 e. The topological polar surface area (TPSA) is 61.9 Å². The van der Waals surface area contributed by atoms with Crippen LogP contribution in [0.1, 0.15) is 44.3 Å². The van der Waals surface area contributed by atoms with Gasteiger partial charge in [0.2, 0.25) is 0 Å². The molecule has 5 rings (SSSR count). The number of nitrogens with zero attached hydrogens (tertiary/aromatic N) is 4. The molecule has 3 heterocycles. The maximum absolute atomic E-state index is 13.5. The van der Waals surface area contributed by atoms with E-state index in [1.807, 2.05) is 35.7 Å². The summed E-state index contributed by atoms with van der Waals surface area (Å²) < 4.78 is 1.61. The summed E-state index contributed by atoms with van der Waals surface area (Å²) in [7, 11) is 0. The van der Waals surface area contributed by atoms with Crippen LogP contribution in [0.25, 0.3) is 21.3 Å². The number of benzene rings is 1. The molecule has 3 aromatic rings. The predicted octanol–water partition coefficient (Wildman–Crippen LogP) is 4.80. The van der Waals surface area contributed by atoms with Crippen LogP contribution in [0.5, 0.6) is 0 Å². The summed E-state index contributed by atoms with van der Waals surface area (Å²) in [5.74, 6) is 1.51. The summed E-state index contributed by atoms with van der Waals surface area (Å²) in [6.07, 6.45) is 7.74. The Bertz CT molecular complexity index is 1140. The van der Waals surface area contributed by atoms with Gasteiger partial charge in [-0.25, -0.2) is 4.98 Å². The van der Waals surface area contributed by atoms with Gasteiger partial charge in [-0.3, -0.25) is 14.3 Å². The summed E-state index contributed by atoms with van der Waals surface area (Å²) in [5.41, 5.74) is 1.84. The average Bonchev–Trinajstić information content (AvgIpc) is 3.21. The number of thiophene rings is 1. The first-order valence-electron chi connectivity index (χ1n) is 10.9. The van der Waals surface area contributed by atoms with Crippen molar-refractivity contribution in [3.8, 4) is 17.2 Å². The van der Waals surface area contributed by atoms with Crippen LogP contribution < -0.4 is 5.56 Å². The van der Waals surface area contributed by atoms with Crippen LogP contribution in [0.15, 0.2) is 40.5 Å². The summed E-state index contributed by atoms with van der Waals surface area (Å²) >= 11 is 1.52. The number of fused-ring (bicyclic) bond motifs is 2. The first-order valence-corrected chi connectivity index (χ1v) is 11.8. The fourth-order valence-corrected chi connectivity index (χ4v) is 6.31. The van der Waals surface area contributed by atoms with E-state index in [2.05, 4.69) is 11.0 Å². The second-order valence-electron chi connectivity index (χ2n) is 8.50. The van der Waals surface area contributed by atoms with E-state index < -0.39 is 0 Å². The lowest BCUT2D eigenvalue weighted by Crippen LogP contribution is -2.47. The Labute approximate surface area is 180 Å². The number of aromatic nitrogens is 2. The Morgan fingerprint density at radius 1 is 1.13 bits per heavy atom. The number of rotatable bonds is 4. The molecule has 1 aliphatic carbocycles. The van der Waals surface area contributed by atoms with Gasteiger partial charge in [0.25, 0.3) is 5.56 Å². The van der Waals surface area contributed by atoms with Crippen molar-refractivity contribution < 1.29 is 0 Å². The van der Waals surface area contributed by atoms with Crippen molar-refractivity contribution in [2.45, 2.75) is 57.7 Å². The molecule has 0 radical (unpaired) electrons. The van der Waals surface area contributed by atoms with E-state index in [4.69, 9.17) is 4.98 Å². The van der Waals surface area contributed by atoms with Crippen molar-refractivity contribution in [1.29, 1.82) is 5.26 Å². The highest BCUT2D eigenvalue weighted by molar-refractivity contribution is 7.17.